The average molecular weight is 422 g/mol. The molecular formula is C19H20BrNO5. The first kappa shape index (κ1) is 19.8. The van der Waals surface area contributed by atoms with Crippen LogP contribution in [0.4, 0.5) is 5.69 Å². The van der Waals surface area contributed by atoms with Crippen LogP contribution in [0.5, 0.6) is 11.5 Å². The van der Waals surface area contributed by atoms with Crippen molar-refractivity contribution in [2.75, 3.05) is 26.1 Å². The number of rotatable bonds is 7. The van der Waals surface area contributed by atoms with Gasteiger partial charge in [0.15, 0.2) is 18.1 Å². The molecule has 0 saturated carbocycles. The Morgan fingerprint density at radius 2 is 1.77 bits per heavy atom. The number of hydrogen-bond acceptors (Lipinski definition) is 5. The van der Waals surface area contributed by atoms with Gasteiger partial charge >= 0.3 is 5.97 Å². The standard InChI is InChI=1S/C19H20BrNO5/c1-4-12-9-14(20)6-7-15(12)21-18(22)11-26-19(23)13-5-8-16(24-2)17(10-13)25-3/h5-10H,4,11H2,1-3H3,(H,21,22). The SMILES string of the molecule is CCc1cc(Br)ccc1NC(=O)COC(=O)c1ccc(OC)c(OC)c1. The first-order valence-corrected chi connectivity index (χ1v) is 8.75. The molecule has 0 unspecified atom stereocenters. The number of ether oxygens (including phenoxy) is 3. The smallest absolute Gasteiger partial charge is 0.338 e. The lowest BCUT2D eigenvalue weighted by Crippen LogP contribution is -2.21. The van der Waals surface area contributed by atoms with Crippen LogP contribution < -0.4 is 14.8 Å². The molecule has 0 radical (unpaired) electrons. The van der Waals surface area contributed by atoms with Crippen LogP contribution in [0.1, 0.15) is 22.8 Å². The Bertz CT molecular complexity index is 807. The molecule has 2 rings (SSSR count). The topological polar surface area (TPSA) is 73.9 Å². The maximum atomic E-state index is 12.1. The molecule has 0 aliphatic rings. The summed E-state index contributed by atoms with van der Waals surface area (Å²) in [5.41, 5.74) is 1.95. The molecule has 0 fully saturated rings. The summed E-state index contributed by atoms with van der Waals surface area (Å²) in [4.78, 5) is 24.2. The number of aryl methyl sites for hydroxylation is 1. The third kappa shape index (κ3) is 4.98. The summed E-state index contributed by atoms with van der Waals surface area (Å²) >= 11 is 3.40. The molecule has 1 amide bonds. The summed E-state index contributed by atoms with van der Waals surface area (Å²) in [7, 11) is 2.98. The van der Waals surface area contributed by atoms with Crippen molar-refractivity contribution in [2.45, 2.75) is 13.3 Å². The molecule has 6 nitrogen and oxygen atoms in total. The Balaban J connectivity index is 1.98. The third-order valence-corrected chi connectivity index (χ3v) is 4.17. The Morgan fingerprint density at radius 1 is 1.04 bits per heavy atom. The van der Waals surface area contributed by atoms with Crippen molar-refractivity contribution >= 4 is 33.5 Å². The number of benzene rings is 2. The first-order chi connectivity index (χ1) is 12.5. The van der Waals surface area contributed by atoms with E-state index in [0.717, 1.165) is 16.5 Å². The number of carbonyl (C=O) groups excluding carboxylic acids is 2. The van der Waals surface area contributed by atoms with E-state index in [1.165, 1.54) is 20.3 Å². The highest BCUT2D eigenvalue weighted by molar-refractivity contribution is 9.10. The van der Waals surface area contributed by atoms with E-state index in [-0.39, 0.29) is 12.2 Å². The molecule has 1 N–H and O–H groups in total. The van der Waals surface area contributed by atoms with E-state index in [2.05, 4.69) is 21.2 Å². The molecule has 7 heteroatoms. The maximum Gasteiger partial charge on any atom is 0.338 e. The van der Waals surface area contributed by atoms with Gasteiger partial charge in [-0.15, -0.1) is 0 Å². The van der Waals surface area contributed by atoms with Gasteiger partial charge in [-0.3, -0.25) is 4.79 Å². The van der Waals surface area contributed by atoms with Gasteiger partial charge in [0, 0.05) is 10.2 Å². The average Bonchev–Trinajstić information content (AvgIpc) is 2.66. The lowest BCUT2D eigenvalue weighted by molar-refractivity contribution is -0.119. The van der Waals surface area contributed by atoms with Crippen molar-refractivity contribution in [3.63, 3.8) is 0 Å². The second-order valence-electron chi connectivity index (χ2n) is 5.35. The number of hydrogen-bond donors (Lipinski definition) is 1. The van der Waals surface area contributed by atoms with Crippen LogP contribution in [-0.4, -0.2) is 32.7 Å². The molecule has 0 aliphatic heterocycles. The monoisotopic (exact) mass is 421 g/mol. The van der Waals surface area contributed by atoms with Gasteiger partial charge in [0.1, 0.15) is 0 Å². The van der Waals surface area contributed by atoms with Crippen LogP contribution in [-0.2, 0) is 16.0 Å². The van der Waals surface area contributed by atoms with E-state index in [1.807, 2.05) is 19.1 Å². The van der Waals surface area contributed by atoms with Crippen molar-refractivity contribution in [1.29, 1.82) is 0 Å². The molecule has 0 heterocycles. The van der Waals surface area contributed by atoms with Crippen LogP contribution in [0.3, 0.4) is 0 Å². The number of methoxy groups -OCH3 is 2. The molecule has 138 valence electrons. The van der Waals surface area contributed by atoms with Gasteiger partial charge in [-0.2, -0.15) is 0 Å². The fraction of sp³-hybridized carbons (Fsp3) is 0.263. The Kier molecular flexibility index (Phi) is 7.03. The lowest BCUT2D eigenvalue weighted by atomic mass is 10.1. The number of anilines is 1. The van der Waals surface area contributed by atoms with E-state index >= 15 is 0 Å². The zero-order chi connectivity index (χ0) is 19.1. The lowest BCUT2D eigenvalue weighted by Gasteiger charge is -2.11. The highest BCUT2D eigenvalue weighted by Crippen LogP contribution is 2.27. The van der Waals surface area contributed by atoms with Gasteiger partial charge in [-0.1, -0.05) is 22.9 Å². The van der Waals surface area contributed by atoms with E-state index in [9.17, 15) is 9.59 Å². The van der Waals surface area contributed by atoms with Gasteiger partial charge in [-0.25, -0.2) is 4.79 Å². The van der Waals surface area contributed by atoms with Crippen molar-refractivity contribution in [3.05, 3.63) is 52.0 Å². The highest BCUT2D eigenvalue weighted by Gasteiger charge is 2.14. The zero-order valence-corrected chi connectivity index (χ0v) is 16.4. The predicted octanol–water partition coefficient (Wildman–Crippen LogP) is 3.82. The van der Waals surface area contributed by atoms with Gasteiger partial charge in [-0.05, 0) is 48.4 Å². The normalized spacial score (nSPS) is 10.2. The molecule has 2 aromatic rings. The minimum absolute atomic E-state index is 0.272. The van der Waals surface area contributed by atoms with Crippen molar-refractivity contribution < 1.29 is 23.8 Å². The van der Waals surface area contributed by atoms with E-state index in [4.69, 9.17) is 14.2 Å². The van der Waals surface area contributed by atoms with Crippen molar-refractivity contribution in [3.8, 4) is 11.5 Å². The van der Waals surface area contributed by atoms with E-state index in [0.29, 0.717) is 17.2 Å². The van der Waals surface area contributed by atoms with Crippen molar-refractivity contribution in [1.82, 2.24) is 0 Å². The number of esters is 1. The van der Waals surface area contributed by atoms with Crippen LogP contribution in [0.2, 0.25) is 0 Å². The second kappa shape index (κ2) is 9.24. The Labute approximate surface area is 160 Å². The minimum atomic E-state index is -0.618. The Hall–Kier alpha value is -2.54. The number of amides is 1. The highest BCUT2D eigenvalue weighted by atomic mass is 79.9. The molecule has 0 aliphatic carbocycles. The Morgan fingerprint density at radius 3 is 2.42 bits per heavy atom. The predicted molar refractivity (Wildman–Crippen MR) is 102 cm³/mol. The van der Waals surface area contributed by atoms with Crippen LogP contribution in [0, 0.1) is 0 Å². The summed E-state index contributed by atoms with van der Waals surface area (Å²) < 4.78 is 16.3. The minimum Gasteiger partial charge on any atom is -0.493 e. The van der Waals surface area contributed by atoms with Crippen LogP contribution in [0.15, 0.2) is 40.9 Å². The summed E-state index contributed by atoms with van der Waals surface area (Å²) in [5, 5.41) is 2.75. The fourth-order valence-electron chi connectivity index (χ4n) is 2.34. The molecule has 0 saturated heterocycles. The van der Waals surface area contributed by atoms with Crippen LogP contribution >= 0.6 is 15.9 Å². The number of nitrogens with one attached hydrogen (secondary N) is 1. The fourth-order valence-corrected chi connectivity index (χ4v) is 2.75. The van der Waals surface area contributed by atoms with E-state index in [1.54, 1.807) is 18.2 Å². The molecule has 2 aromatic carbocycles. The van der Waals surface area contributed by atoms with Crippen LogP contribution in [0.25, 0.3) is 0 Å². The maximum absolute atomic E-state index is 12.1. The number of carbonyl (C=O) groups is 2. The van der Waals surface area contributed by atoms with Gasteiger partial charge in [0.05, 0.1) is 19.8 Å². The summed E-state index contributed by atoms with van der Waals surface area (Å²) in [6.07, 6.45) is 0.764. The molecule has 0 bridgehead atoms. The quantitative estimate of drug-likeness (QED) is 0.687. The molecular weight excluding hydrogens is 402 g/mol. The molecule has 0 aromatic heterocycles. The first-order valence-electron chi connectivity index (χ1n) is 7.96. The van der Waals surface area contributed by atoms with Gasteiger partial charge < -0.3 is 19.5 Å². The second-order valence-corrected chi connectivity index (χ2v) is 6.26. The summed E-state index contributed by atoms with van der Waals surface area (Å²) in [5.74, 6) is -0.110. The van der Waals surface area contributed by atoms with E-state index < -0.39 is 11.9 Å². The molecule has 0 spiro atoms. The van der Waals surface area contributed by atoms with Gasteiger partial charge in [0.2, 0.25) is 0 Å². The number of halogens is 1. The van der Waals surface area contributed by atoms with Gasteiger partial charge in [0.25, 0.3) is 5.91 Å². The summed E-state index contributed by atoms with van der Waals surface area (Å²) in [6, 6.07) is 10.2. The molecule has 26 heavy (non-hydrogen) atoms. The third-order valence-electron chi connectivity index (χ3n) is 3.68. The molecule has 0 atom stereocenters. The van der Waals surface area contributed by atoms with Crippen molar-refractivity contribution in [2.24, 2.45) is 0 Å². The largest absolute Gasteiger partial charge is 0.493 e. The summed E-state index contributed by atoms with van der Waals surface area (Å²) in [6.45, 7) is 1.61. The zero-order valence-electron chi connectivity index (χ0n) is 14.8.